The van der Waals surface area contributed by atoms with Crippen molar-refractivity contribution in [3.63, 3.8) is 0 Å². The zero-order valence-electron chi connectivity index (χ0n) is 10.4. The van der Waals surface area contributed by atoms with Gasteiger partial charge in [-0.05, 0) is 12.1 Å². The molecule has 1 aliphatic heterocycles. The van der Waals surface area contributed by atoms with Gasteiger partial charge in [-0.15, -0.1) is 0 Å². The topological polar surface area (TPSA) is 82.7 Å². The molecule has 98 valence electrons. The summed E-state index contributed by atoms with van der Waals surface area (Å²) in [4.78, 5) is 16.1. The Balaban J connectivity index is 1.74. The van der Waals surface area contributed by atoms with E-state index in [0.717, 1.165) is 24.3 Å². The molecule has 1 amide bonds. The monoisotopic (exact) mass is 257 g/mol. The third-order valence-electron chi connectivity index (χ3n) is 3.27. The maximum atomic E-state index is 12.1. The molecule has 0 radical (unpaired) electrons. The predicted molar refractivity (Wildman–Crippen MR) is 70.5 cm³/mol. The molecular weight excluding hydrogens is 242 g/mol. The second kappa shape index (κ2) is 5.19. The van der Waals surface area contributed by atoms with Crippen molar-refractivity contribution in [2.75, 3.05) is 19.6 Å². The molecule has 2 aromatic heterocycles. The van der Waals surface area contributed by atoms with Crippen LogP contribution in [0.4, 0.5) is 0 Å². The molecule has 0 aliphatic carbocycles. The zero-order valence-corrected chi connectivity index (χ0v) is 10.4. The van der Waals surface area contributed by atoms with Crippen LogP contribution in [0.25, 0.3) is 11.3 Å². The average molecular weight is 257 g/mol. The van der Waals surface area contributed by atoms with Crippen molar-refractivity contribution in [3.8, 4) is 11.3 Å². The fourth-order valence-electron chi connectivity index (χ4n) is 2.02. The molecule has 0 unspecified atom stereocenters. The third-order valence-corrected chi connectivity index (χ3v) is 3.27. The second-order valence-electron chi connectivity index (χ2n) is 4.63. The molecule has 0 spiro atoms. The number of carbonyl (C=O) groups excluding carboxylic acids is 1. The van der Waals surface area contributed by atoms with Crippen LogP contribution in [0.5, 0.6) is 0 Å². The molecule has 0 aromatic carbocycles. The molecule has 19 heavy (non-hydrogen) atoms. The van der Waals surface area contributed by atoms with E-state index in [0.29, 0.717) is 18.0 Å². The molecule has 0 atom stereocenters. The first-order valence-corrected chi connectivity index (χ1v) is 6.27. The van der Waals surface area contributed by atoms with Crippen molar-refractivity contribution in [2.24, 2.45) is 5.92 Å². The van der Waals surface area contributed by atoms with Gasteiger partial charge in [-0.1, -0.05) is 0 Å². The largest absolute Gasteiger partial charge is 0.352 e. The minimum atomic E-state index is -0.0903. The lowest BCUT2D eigenvalue weighted by atomic mass is 10.0. The lowest BCUT2D eigenvalue weighted by molar-refractivity contribution is 0.0943. The van der Waals surface area contributed by atoms with Crippen LogP contribution in [0.15, 0.2) is 30.7 Å². The van der Waals surface area contributed by atoms with Crippen LogP contribution in [-0.4, -0.2) is 40.7 Å². The van der Waals surface area contributed by atoms with Crippen molar-refractivity contribution in [3.05, 3.63) is 36.3 Å². The summed E-state index contributed by atoms with van der Waals surface area (Å²) >= 11 is 0. The molecule has 3 heterocycles. The number of hydrogen-bond donors (Lipinski definition) is 3. The van der Waals surface area contributed by atoms with E-state index in [9.17, 15) is 4.79 Å². The summed E-state index contributed by atoms with van der Waals surface area (Å²) in [5.74, 6) is 0.452. The fourth-order valence-corrected chi connectivity index (χ4v) is 2.02. The summed E-state index contributed by atoms with van der Waals surface area (Å²) in [6.07, 6.45) is 4.94. The Kier molecular flexibility index (Phi) is 3.24. The Labute approximate surface area is 110 Å². The van der Waals surface area contributed by atoms with E-state index in [1.165, 1.54) is 0 Å². The molecule has 1 saturated heterocycles. The van der Waals surface area contributed by atoms with Crippen molar-refractivity contribution < 1.29 is 4.79 Å². The van der Waals surface area contributed by atoms with Gasteiger partial charge in [0.25, 0.3) is 5.91 Å². The Bertz CT molecular complexity index is 561. The Morgan fingerprint density at radius 1 is 1.37 bits per heavy atom. The van der Waals surface area contributed by atoms with Gasteiger partial charge in [0, 0.05) is 43.5 Å². The Morgan fingerprint density at radius 2 is 2.16 bits per heavy atom. The normalized spacial score (nSPS) is 14.9. The summed E-state index contributed by atoms with van der Waals surface area (Å²) in [6, 6.07) is 3.69. The van der Waals surface area contributed by atoms with E-state index in [4.69, 9.17) is 0 Å². The van der Waals surface area contributed by atoms with E-state index in [1.807, 2.05) is 12.1 Å². The van der Waals surface area contributed by atoms with Crippen LogP contribution in [0, 0.1) is 5.92 Å². The molecule has 6 nitrogen and oxygen atoms in total. The number of amides is 1. The first-order chi connectivity index (χ1) is 9.34. The van der Waals surface area contributed by atoms with Crippen molar-refractivity contribution >= 4 is 5.91 Å². The molecule has 3 N–H and O–H groups in total. The number of carbonyl (C=O) groups is 1. The predicted octanol–water partition coefficient (Wildman–Crippen LogP) is 0.421. The summed E-state index contributed by atoms with van der Waals surface area (Å²) in [5, 5.41) is 13.0. The van der Waals surface area contributed by atoms with Crippen molar-refractivity contribution in [1.29, 1.82) is 0 Å². The summed E-state index contributed by atoms with van der Waals surface area (Å²) in [7, 11) is 0. The maximum absolute atomic E-state index is 12.1. The first kappa shape index (κ1) is 11.9. The number of nitrogens with zero attached hydrogens (tertiary/aromatic N) is 2. The van der Waals surface area contributed by atoms with E-state index in [1.54, 1.807) is 18.6 Å². The Morgan fingerprint density at radius 3 is 2.84 bits per heavy atom. The quantitative estimate of drug-likeness (QED) is 0.741. The van der Waals surface area contributed by atoms with Crippen LogP contribution in [-0.2, 0) is 0 Å². The number of aromatic nitrogens is 3. The fraction of sp³-hybridized carbons (Fsp3) is 0.308. The molecule has 1 fully saturated rings. The van der Waals surface area contributed by atoms with Gasteiger partial charge in [-0.2, -0.15) is 5.10 Å². The second-order valence-corrected chi connectivity index (χ2v) is 4.63. The van der Waals surface area contributed by atoms with Gasteiger partial charge in [0.1, 0.15) is 0 Å². The van der Waals surface area contributed by atoms with Gasteiger partial charge < -0.3 is 10.6 Å². The number of H-pyrrole nitrogens is 1. The highest BCUT2D eigenvalue weighted by Gasteiger charge is 2.19. The van der Waals surface area contributed by atoms with Crippen LogP contribution in [0.1, 0.15) is 10.4 Å². The number of hydrogen-bond acceptors (Lipinski definition) is 4. The third kappa shape index (κ3) is 2.48. The number of aromatic amines is 1. The lowest BCUT2D eigenvalue weighted by Crippen LogP contribution is -2.48. The molecule has 1 aliphatic rings. The molecule has 2 aromatic rings. The standard InChI is InChI=1S/C13H15N5O/c19-13(16-7-9-5-15-6-9)11-8-17-18-12(11)10-1-3-14-4-2-10/h1-4,8-9,15H,5-7H2,(H,16,19)(H,17,18). The highest BCUT2D eigenvalue weighted by molar-refractivity contribution is 5.99. The summed E-state index contributed by atoms with van der Waals surface area (Å²) in [6.45, 7) is 2.65. The Hall–Kier alpha value is -2.21. The van der Waals surface area contributed by atoms with Crippen LogP contribution in [0.2, 0.25) is 0 Å². The maximum Gasteiger partial charge on any atom is 0.255 e. The molecule has 0 bridgehead atoms. The van der Waals surface area contributed by atoms with E-state index < -0.39 is 0 Å². The smallest absolute Gasteiger partial charge is 0.255 e. The average Bonchev–Trinajstić information content (AvgIpc) is 2.87. The molecule has 6 heteroatoms. The highest BCUT2D eigenvalue weighted by atomic mass is 16.1. The SMILES string of the molecule is O=C(NCC1CNC1)c1cn[nH]c1-c1ccncc1. The first-order valence-electron chi connectivity index (χ1n) is 6.27. The number of rotatable bonds is 4. The summed E-state index contributed by atoms with van der Waals surface area (Å²) in [5.41, 5.74) is 2.20. The summed E-state index contributed by atoms with van der Waals surface area (Å²) < 4.78 is 0. The van der Waals surface area contributed by atoms with E-state index >= 15 is 0 Å². The van der Waals surface area contributed by atoms with Crippen LogP contribution in [0.3, 0.4) is 0 Å². The number of pyridine rings is 1. The van der Waals surface area contributed by atoms with Gasteiger partial charge in [0.05, 0.1) is 17.5 Å². The zero-order chi connectivity index (χ0) is 13.1. The van der Waals surface area contributed by atoms with Crippen molar-refractivity contribution in [2.45, 2.75) is 0 Å². The van der Waals surface area contributed by atoms with Crippen molar-refractivity contribution in [1.82, 2.24) is 25.8 Å². The van der Waals surface area contributed by atoms with Gasteiger partial charge in [-0.3, -0.25) is 14.9 Å². The minimum absolute atomic E-state index is 0.0903. The molecule has 3 rings (SSSR count). The molecular formula is C13H15N5O. The van der Waals surface area contributed by atoms with Gasteiger partial charge >= 0.3 is 0 Å². The number of nitrogens with one attached hydrogen (secondary N) is 3. The molecule has 0 saturated carbocycles. The van der Waals surface area contributed by atoms with Gasteiger partial charge in [-0.25, -0.2) is 0 Å². The van der Waals surface area contributed by atoms with Crippen LogP contribution < -0.4 is 10.6 Å². The van der Waals surface area contributed by atoms with E-state index in [2.05, 4.69) is 25.8 Å². The minimum Gasteiger partial charge on any atom is -0.352 e. The lowest BCUT2D eigenvalue weighted by Gasteiger charge is -2.27. The van der Waals surface area contributed by atoms with Gasteiger partial charge in [0.2, 0.25) is 0 Å². The highest BCUT2D eigenvalue weighted by Crippen LogP contribution is 2.19. The van der Waals surface area contributed by atoms with Gasteiger partial charge in [0.15, 0.2) is 0 Å². The van der Waals surface area contributed by atoms with Crippen LogP contribution >= 0.6 is 0 Å². The van der Waals surface area contributed by atoms with E-state index in [-0.39, 0.29) is 5.91 Å².